The van der Waals surface area contributed by atoms with Gasteiger partial charge in [-0.1, -0.05) is 11.8 Å². The fraction of sp³-hybridized carbons (Fsp3) is 0.706. The van der Waals surface area contributed by atoms with Crippen LogP contribution in [0.15, 0.2) is 11.2 Å². The van der Waals surface area contributed by atoms with Crippen molar-refractivity contribution in [3.63, 3.8) is 0 Å². The molecule has 2 aliphatic rings. The molecule has 2 saturated heterocycles. The van der Waals surface area contributed by atoms with Crippen molar-refractivity contribution in [2.75, 3.05) is 39.8 Å². The summed E-state index contributed by atoms with van der Waals surface area (Å²) in [5.41, 5.74) is 1.99. The number of hydrogen-bond donors (Lipinski definition) is 1. The fourth-order valence-corrected chi connectivity index (χ4v) is 4.52. The summed E-state index contributed by atoms with van der Waals surface area (Å²) in [7, 11) is 2.12. The van der Waals surface area contributed by atoms with Crippen molar-refractivity contribution in [2.24, 2.45) is 0 Å². The minimum absolute atomic E-state index is 0.0585. The molecule has 2 atom stereocenters. The molecule has 0 bridgehead atoms. The third-order valence-corrected chi connectivity index (χ3v) is 5.74. The SMILES string of the molecule is Cc1cc(C)nc(S[C@H]2CN[C@H](C(=O)N3CCCN(C)CC3)C2)n1. The molecular weight excluding hydrogens is 322 g/mol. The van der Waals surface area contributed by atoms with Gasteiger partial charge in [0, 0.05) is 42.8 Å². The molecule has 7 heteroatoms. The third kappa shape index (κ3) is 4.46. The van der Waals surface area contributed by atoms with E-state index in [4.69, 9.17) is 0 Å². The molecule has 0 unspecified atom stereocenters. The molecule has 132 valence electrons. The van der Waals surface area contributed by atoms with E-state index < -0.39 is 0 Å². The first-order chi connectivity index (χ1) is 11.5. The van der Waals surface area contributed by atoms with Crippen molar-refractivity contribution in [3.8, 4) is 0 Å². The standard InChI is InChI=1S/C17H27N5OS/c1-12-9-13(2)20-17(19-12)24-14-10-15(18-11-14)16(23)22-6-4-5-21(3)7-8-22/h9,14-15,18H,4-8,10-11H2,1-3H3/t14-,15+/m1/s1. The minimum atomic E-state index is -0.0585. The molecule has 0 radical (unpaired) electrons. The number of carbonyl (C=O) groups is 1. The normalized spacial score (nSPS) is 25.7. The summed E-state index contributed by atoms with van der Waals surface area (Å²) in [6.45, 7) is 8.58. The van der Waals surface area contributed by atoms with E-state index in [1.807, 2.05) is 24.8 Å². The molecular formula is C17H27N5OS. The zero-order chi connectivity index (χ0) is 17.1. The Hall–Kier alpha value is -1.18. The molecule has 0 spiro atoms. The Morgan fingerprint density at radius 1 is 1.21 bits per heavy atom. The highest BCUT2D eigenvalue weighted by Crippen LogP contribution is 2.27. The van der Waals surface area contributed by atoms with Gasteiger partial charge in [0.15, 0.2) is 5.16 Å². The lowest BCUT2D eigenvalue weighted by atomic mass is 10.2. The second-order valence-corrected chi connectivity index (χ2v) is 8.12. The van der Waals surface area contributed by atoms with Crippen molar-refractivity contribution >= 4 is 17.7 Å². The quantitative estimate of drug-likeness (QED) is 0.824. The summed E-state index contributed by atoms with van der Waals surface area (Å²) in [6, 6.07) is 1.93. The maximum Gasteiger partial charge on any atom is 0.239 e. The molecule has 3 heterocycles. The summed E-state index contributed by atoms with van der Waals surface area (Å²) in [6.07, 6.45) is 1.91. The van der Waals surface area contributed by atoms with Gasteiger partial charge in [0.25, 0.3) is 0 Å². The highest BCUT2D eigenvalue weighted by molar-refractivity contribution is 7.99. The van der Waals surface area contributed by atoms with E-state index in [1.54, 1.807) is 11.8 Å². The minimum Gasteiger partial charge on any atom is -0.340 e. The summed E-state index contributed by atoms with van der Waals surface area (Å²) < 4.78 is 0. The molecule has 0 aromatic carbocycles. The van der Waals surface area contributed by atoms with Crippen LogP contribution in [-0.2, 0) is 4.79 Å². The van der Waals surface area contributed by atoms with Crippen LogP contribution in [0.25, 0.3) is 0 Å². The molecule has 6 nitrogen and oxygen atoms in total. The number of likely N-dealkylation sites (N-methyl/N-ethyl adjacent to an activating group) is 1. The van der Waals surface area contributed by atoms with Crippen LogP contribution in [0.5, 0.6) is 0 Å². The van der Waals surface area contributed by atoms with Crippen LogP contribution in [-0.4, -0.2) is 76.7 Å². The van der Waals surface area contributed by atoms with Gasteiger partial charge < -0.3 is 15.1 Å². The average Bonchev–Trinajstić information content (AvgIpc) is 2.86. The van der Waals surface area contributed by atoms with E-state index in [2.05, 4.69) is 27.2 Å². The van der Waals surface area contributed by atoms with E-state index in [-0.39, 0.29) is 11.9 Å². The molecule has 1 amide bonds. The van der Waals surface area contributed by atoms with Crippen LogP contribution >= 0.6 is 11.8 Å². The predicted molar refractivity (Wildman–Crippen MR) is 96.3 cm³/mol. The Kier molecular flexibility index (Phi) is 5.73. The van der Waals surface area contributed by atoms with E-state index >= 15 is 0 Å². The van der Waals surface area contributed by atoms with Gasteiger partial charge in [0.05, 0.1) is 6.04 Å². The summed E-state index contributed by atoms with van der Waals surface area (Å²) in [4.78, 5) is 26.1. The van der Waals surface area contributed by atoms with Gasteiger partial charge in [-0.2, -0.15) is 0 Å². The van der Waals surface area contributed by atoms with Gasteiger partial charge in [-0.3, -0.25) is 4.79 Å². The van der Waals surface area contributed by atoms with Gasteiger partial charge in [-0.05, 0) is 46.3 Å². The first kappa shape index (κ1) is 17.6. The third-order valence-electron chi connectivity index (χ3n) is 4.65. The number of amides is 1. The summed E-state index contributed by atoms with van der Waals surface area (Å²) in [5.74, 6) is 0.259. The van der Waals surface area contributed by atoms with Crippen molar-refractivity contribution in [1.29, 1.82) is 0 Å². The van der Waals surface area contributed by atoms with Crippen molar-refractivity contribution in [3.05, 3.63) is 17.5 Å². The number of carbonyl (C=O) groups excluding carboxylic acids is 1. The molecule has 1 N–H and O–H groups in total. The maximum absolute atomic E-state index is 12.8. The van der Waals surface area contributed by atoms with Gasteiger partial charge in [0.1, 0.15) is 0 Å². The Balaban J connectivity index is 1.55. The predicted octanol–water partition coefficient (Wildman–Crippen LogP) is 1.08. The topological polar surface area (TPSA) is 61.4 Å². The monoisotopic (exact) mass is 349 g/mol. The lowest BCUT2D eigenvalue weighted by molar-refractivity contribution is -0.132. The zero-order valence-electron chi connectivity index (χ0n) is 14.8. The lowest BCUT2D eigenvalue weighted by Crippen LogP contribution is -2.45. The summed E-state index contributed by atoms with van der Waals surface area (Å²) >= 11 is 1.69. The maximum atomic E-state index is 12.8. The lowest BCUT2D eigenvalue weighted by Gasteiger charge is -2.24. The Morgan fingerprint density at radius 3 is 2.71 bits per heavy atom. The smallest absolute Gasteiger partial charge is 0.239 e. The molecule has 0 saturated carbocycles. The Labute approximate surface area is 148 Å². The zero-order valence-corrected chi connectivity index (χ0v) is 15.6. The highest BCUT2D eigenvalue weighted by Gasteiger charge is 2.33. The largest absolute Gasteiger partial charge is 0.340 e. The Bertz CT molecular complexity index is 576. The summed E-state index contributed by atoms with van der Waals surface area (Å²) in [5, 5.41) is 4.58. The molecule has 2 aliphatic heterocycles. The van der Waals surface area contributed by atoms with E-state index in [1.165, 1.54) is 0 Å². The van der Waals surface area contributed by atoms with Gasteiger partial charge in [0.2, 0.25) is 5.91 Å². The van der Waals surface area contributed by atoms with E-state index in [0.717, 1.165) is 62.1 Å². The number of rotatable bonds is 3. The highest BCUT2D eigenvalue weighted by atomic mass is 32.2. The molecule has 1 aromatic rings. The van der Waals surface area contributed by atoms with Crippen molar-refractivity contribution < 1.29 is 4.79 Å². The number of aryl methyl sites for hydroxylation is 2. The number of hydrogen-bond acceptors (Lipinski definition) is 6. The molecule has 3 rings (SSSR count). The van der Waals surface area contributed by atoms with Crippen LogP contribution in [0.3, 0.4) is 0 Å². The van der Waals surface area contributed by atoms with E-state index in [0.29, 0.717) is 5.25 Å². The van der Waals surface area contributed by atoms with Gasteiger partial charge in [-0.25, -0.2) is 9.97 Å². The molecule has 1 aromatic heterocycles. The van der Waals surface area contributed by atoms with Crippen LogP contribution in [0.2, 0.25) is 0 Å². The average molecular weight is 350 g/mol. The molecule has 0 aliphatic carbocycles. The number of aromatic nitrogens is 2. The number of thioether (sulfide) groups is 1. The fourth-order valence-electron chi connectivity index (χ4n) is 3.36. The van der Waals surface area contributed by atoms with E-state index in [9.17, 15) is 4.79 Å². The van der Waals surface area contributed by atoms with Crippen LogP contribution in [0, 0.1) is 13.8 Å². The second-order valence-electron chi connectivity index (χ2n) is 6.85. The first-order valence-electron chi connectivity index (χ1n) is 8.71. The molecule has 2 fully saturated rings. The number of nitrogens with one attached hydrogen (secondary N) is 1. The van der Waals surface area contributed by atoms with Crippen LogP contribution < -0.4 is 5.32 Å². The van der Waals surface area contributed by atoms with Gasteiger partial charge >= 0.3 is 0 Å². The molecule has 24 heavy (non-hydrogen) atoms. The second kappa shape index (κ2) is 7.80. The Morgan fingerprint density at radius 2 is 1.96 bits per heavy atom. The number of nitrogens with zero attached hydrogens (tertiary/aromatic N) is 4. The van der Waals surface area contributed by atoms with Crippen LogP contribution in [0.1, 0.15) is 24.2 Å². The van der Waals surface area contributed by atoms with Crippen molar-refractivity contribution in [1.82, 2.24) is 25.1 Å². The van der Waals surface area contributed by atoms with Crippen molar-refractivity contribution in [2.45, 2.75) is 43.1 Å². The van der Waals surface area contributed by atoms with Crippen LogP contribution in [0.4, 0.5) is 0 Å². The van der Waals surface area contributed by atoms with Gasteiger partial charge in [-0.15, -0.1) is 0 Å². The first-order valence-corrected chi connectivity index (χ1v) is 9.59.